The quantitative estimate of drug-likeness (QED) is 0.324. The van der Waals surface area contributed by atoms with Crippen molar-refractivity contribution in [3.05, 3.63) is 84.6 Å². The van der Waals surface area contributed by atoms with Crippen LogP contribution in [0.5, 0.6) is 0 Å². The van der Waals surface area contributed by atoms with Gasteiger partial charge in [0.05, 0.1) is 46.1 Å². The maximum Gasteiger partial charge on any atom is 0.243 e. The van der Waals surface area contributed by atoms with E-state index in [1.165, 1.54) is 0 Å². The maximum absolute atomic E-state index is 12.3. The molecule has 0 aliphatic carbocycles. The number of nitriles is 1. The Bertz CT molecular complexity index is 1710. The fourth-order valence-corrected chi connectivity index (χ4v) is 4.65. The van der Waals surface area contributed by atoms with Crippen LogP contribution >= 0.6 is 0 Å². The number of fused-ring (bicyclic) bond motifs is 4. The number of nitrogens with zero attached hydrogens (tertiary/aromatic N) is 3. The fourth-order valence-electron chi connectivity index (χ4n) is 4.65. The largest absolute Gasteiger partial charge is 0.374 e. The molecule has 0 spiro atoms. The number of anilines is 2. The lowest BCUT2D eigenvalue weighted by molar-refractivity contribution is -0.114. The number of rotatable bonds is 3. The predicted molar refractivity (Wildman–Crippen MR) is 144 cm³/mol. The molecule has 0 atom stereocenters. The van der Waals surface area contributed by atoms with E-state index < -0.39 is 5.41 Å². The molecule has 3 heterocycles. The van der Waals surface area contributed by atoms with Crippen LogP contribution in [0.4, 0.5) is 11.4 Å². The van der Waals surface area contributed by atoms with Gasteiger partial charge in [-0.3, -0.25) is 9.78 Å². The van der Waals surface area contributed by atoms with E-state index >= 15 is 0 Å². The lowest BCUT2D eigenvalue weighted by Crippen LogP contribution is -2.28. The van der Waals surface area contributed by atoms with Crippen molar-refractivity contribution in [3.8, 4) is 28.5 Å². The van der Waals surface area contributed by atoms with Crippen molar-refractivity contribution < 1.29 is 4.79 Å². The van der Waals surface area contributed by atoms with Gasteiger partial charge in [0, 0.05) is 28.1 Å². The average Bonchev–Trinajstić information content (AvgIpc) is 2.92. The van der Waals surface area contributed by atoms with Crippen LogP contribution in [0.15, 0.2) is 79.0 Å². The zero-order valence-corrected chi connectivity index (χ0v) is 20.0. The molecule has 1 aliphatic heterocycles. The predicted octanol–water partition coefficient (Wildman–Crippen LogP) is 6.28. The molecule has 6 nitrogen and oxygen atoms in total. The SMILES string of the molecule is CC(C)(C#N)c1ccc(-c2nc3ccc(-c4cnc5ccccc5c4)cc3c3c2NC(=O)CN3)cc1. The lowest BCUT2D eigenvalue weighted by atomic mass is 9.86. The third-order valence-corrected chi connectivity index (χ3v) is 6.76. The van der Waals surface area contributed by atoms with Crippen molar-refractivity contribution in [3.63, 3.8) is 0 Å². The van der Waals surface area contributed by atoms with Gasteiger partial charge in [-0.1, -0.05) is 48.5 Å². The van der Waals surface area contributed by atoms with Gasteiger partial charge in [0.1, 0.15) is 0 Å². The summed E-state index contributed by atoms with van der Waals surface area (Å²) in [6.07, 6.45) is 1.89. The van der Waals surface area contributed by atoms with Gasteiger partial charge in [-0.05, 0) is 49.2 Å². The maximum atomic E-state index is 12.3. The molecular formula is C30H23N5O. The van der Waals surface area contributed by atoms with Gasteiger partial charge in [0.15, 0.2) is 0 Å². The number of amides is 1. The summed E-state index contributed by atoms with van der Waals surface area (Å²) in [5.41, 5.74) is 7.26. The molecule has 2 aromatic heterocycles. The summed E-state index contributed by atoms with van der Waals surface area (Å²) in [6.45, 7) is 3.98. The van der Waals surface area contributed by atoms with Gasteiger partial charge in [-0.2, -0.15) is 5.26 Å². The summed E-state index contributed by atoms with van der Waals surface area (Å²) in [5.74, 6) is -0.109. The average molecular weight is 470 g/mol. The molecule has 3 aromatic carbocycles. The molecule has 0 radical (unpaired) electrons. The highest BCUT2D eigenvalue weighted by Gasteiger charge is 2.24. The Labute approximate surface area is 208 Å². The lowest BCUT2D eigenvalue weighted by Gasteiger charge is -2.24. The van der Waals surface area contributed by atoms with Crippen molar-refractivity contribution in [2.24, 2.45) is 0 Å². The molecule has 6 rings (SSSR count). The Balaban J connectivity index is 1.50. The number of benzene rings is 3. The molecule has 0 saturated carbocycles. The molecular weight excluding hydrogens is 446 g/mol. The smallest absolute Gasteiger partial charge is 0.243 e. The van der Waals surface area contributed by atoms with E-state index in [0.29, 0.717) is 11.4 Å². The highest BCUT2D eigenvalue weighted by Crippen LogP contribution is 2.41. The van der Waals surface area contributed by atoms with E-state index in [4.69, 9.17) is 4.98 Å². The van der Waals surface area contributed by atoms with Gasteiger partial charge in [-0.25, -0.2) is 4.98 Å². The van der Waals surface area contributed by atoms with Gasteiger partial charge in [-0.15, -0.1) is 0 Å². The molecule has 0 saturated heterocycles. The first-order valence-electron chi connectivity index (χ1n) is 11.8. The molecule has 1 aliphatic rings. The van der Waals surface area contributed by atoms with Crippen LogP contribution in [0.1, 0.15) is 19.4 Å². The second-order valence-electron chi connectivity index (χ2n) is 9.57. The number of hydrogen-bond acceptors (Lipinski definition) is 5. The second kappa shape index (κ2) is 8.17. The van der Waals surface area contributed by atoms with Gasteiger partial charge >= 0.3 is 0 Å². The van der Waals surface area contributed by atoms with E-state index in [1.54, 1.807) is 0 Å². The minimum atomic E-state index is -0.585. The van der Waals surface area contributed by atoms with Crippen LogP contribution in [-0.2, 0) is 10.2 Å². The second-order valence-corrected chi connectivity index (χ2v) is 9.57. The Morgan fingerprint density at radius 3 is 2.47 bits per heavy atom. The van der Waals surface area contributed by atoms with Crippen molar-refractivity contribution in [1.29, 1.82) is 5.26 Å². The third kappa shape index (κ3) is 3.62. The zero-order chi connectivity index (χ0) is 24.9. The molecule has 1 amide bonds. The van der Waals surface area contributed by atoms with Gasteiger partial charge in [0.2, 0.25) is 5.91 Å². The molecule has 36 heavy (non-hydrogen) atoms. The number of hydrogen-bond donors (Lipinski definition) is 2. The number of aromatic nitrogens is 2. The zero-order valence-electron chi connectivity index (χ0n) is 20.0. The summed E-state index contributed by atoms with van der Waals surface area (Å²) in [6, 6.07) is 26.5. The summed E-state index contributed by atoms with van der Waals surface area (Å²) >= 11 is 0. The van der Waals surface area contributed by atoms with Crippen molar-refractivity contribution in [2.45, 2.75) is 19.3 Å². The Hall–Kier alpha value is -4.76. The normalized spacial score (nSPS) is 13.1. The molecule has 174 valence electrons. The summed E-state index contributed by atoms with van der Waals surface area (Å²) in [7, 11) is 0. The molecule has 2 N–H and O–H groups in total. The molecule has 0 unspecified atom stereocenters. The van der Waals surface area contributed by atoms with Crippen LogP contribution in [-0.4, -0.2) is 22.4 Å². The highest BCUT2D eigenvalue weighted by molar-refractivity contribution is 6.12. The molecule has 0 fully saturated rings. The van der Waals surface area contributed by atoms with Crippen molar-refractivity contribution in [1.82, 2.24) is 9.97 Å². The minimum Gasteiger partial charge on any atom is -0.374 e. The number of carbonyl (C=O) groups excluding carboxylic acids is 1. The fraction of sp³-hybridized carbons (Fsp3) is 0.133. The molecule has 6 heteroatoms. The number of pyridine rings is 2. The van der Waals surface area contributed by atoms with Crippen LogP contribution in [0.25, 0.3) is 44.2 Å². The van der Waals surface area contributed by atoms with Crippen LogP contribution in [0.2, 0.25) is 0 Å². The molecule has 5 aromatic rings. The Kier molecular flexibility index (Phi) is 4.94. The van der Waals surface area contributed by atoms with E-state index in [-0.39, 0.29) is 12.5 Å². The standard InChI is InChI=1S/C30H23N5O/c1-30(2,17-31)22-10-7-18(8-11-22)27-29-28(33-16-26(36)35-29)23-14-19(9-12-25(23)34-27)21-13-20-5-3-4-6-24(20)32-15-21/h3-15,33H,16H2,1-2H3,(H,35,36). The van der Waals surface area contributed by atoms with E-state index in [9.17, 15) is 10.1 Å². The summed E-state index contributed by atoms with van der Waals surface area (Å²) < 4.78 is 0. The van der Waals surface area contributed by atoms with E-state index in [2.05, 4.69) is 46.0 Å². The molecule has 0 bridgehead atoms. The summed E-state index contributed by atoms with van der Waals surface area (Å²) in [4.78, 5) is 21.9. The van der Waals surface area contributed by atoms with Crippen molar-refractivity contribution in [2.75, 3.05) is 17.2 Å². The topological polar surface area (TPSA) is 90.7 Å². The van der Waals surface area contributed by atoms with E-state index in [1.807, 2.05) is 68.6 Å². The van der Waals surface area contributed by atoms with Gasteiger partial charge < -0.3 is 10.6 Å². The minimum absolute atomic E-state index is 0.109. The van der Waals surface area contributed by atoms with Crippen molar-refractivity contribution >= 4 is 39.1 Å². The number of para-hydroxylation sites is 1. The highest BCUT2D eigenvalue weighted by atomic mass is 16.2. The van der Waals surface area contributed by atoms with Gasteiger partial charge in [0.25, 0.3) is 0 Å². The van der Waals surface area contributed by atoms with E-state index in [0.717, 1.165) is 49.7 Å². The first kappa shape index (κ1) is 21.8. The Morgan fingerprint density at radius 2 is 1.67 bits per heavy atom. The first-order valence-corrected chi connectivity index (χ1v) is 11.8. The number of carbonyl (C=O) groups is 1. The van der Waals surface area contributed by atoms with Crippen LogP contribution < -0.4 is 10.6 Å². The monoisotopic (exact) mass is 469 g/mol. The first-order chi connectivity index (χ1) is 17.4. The summed E-state index contributed by atoms with van der Waals surface area (Å²) in [5, 5.41) is 17.8. The van der Waals surface area contributed by atoms with Crippen LogP contribution in [0, 0.1) is 11.3 Å². The Morgan fingerprint density at radius 1 is 0.889 bits per heavy atom. The number of nitrogens with one attached hydrogen (secondary N) is 2. The third-order valence-electron chi connectivity index (χ3n) is 6.76. The van der Waals surface area contributed by atoms with Crippen LogP contribution in [0.3, 0.4) is 0 Å².